The van der Waals surface area contributed by atoms with Gasteiger partial charge in [-0.15, -0.1) is 0 Å². The largest absolute Gasteiger partial charge is 0.465 e. The number of urea groups is 1. The van der Waals surface area contributed by atoms with Gasteiger partial charge < -0.3 is 10.1 Å². The number of fused-ring (bicyclic) bond motifs is 1. The minimum Gasteiger partial charge on any atom is -0.465 e. The van der Waals surface area contributed by atoms with Crippen molar-refractivity contribution in [3.8, 4) is 0 Å². The monoisotopic (exact) mass is 367 g/mol. The summed E-state index contributed by atoms with van der Waals surface area (Å²) in [5.41, 5.74) is 1.22. The van der Waals surface area contributed by atoms with E-state index in [9.17, 15) is 14.4 Å². The Morgan fingerprint density at radius 3 is 2.70 bits per heavy atom. The van der Waals surface area contributed by atoms with Crippen LogP contribution in [0.1, 0.15) is 41.4 Å². The second-order valence-electron chi connectivity index (χ2n) is 7.37. The number of esters is 1. The summed E-state index contributed by atoms with van der Waals surface area (Å²) in [6.07, 6.45) is 1.86. The maximum Gasteiger partial charge on any atom is 0.340 e. The number of hydrogen-bond donors (Lipinski definition) is 1. The number of nitrogens with zero attached hydrogens (tertiary/aromatic N) is 2. The number of para-hydroxylation sites is 1. The van der Waals surface area contributed by atoms with Gasteiger partial charge in [0.15, 0.2) is 0 Å². The zero-order valence-corrected chi connectivity index (χ0v) is 15.5. The molecule has 2 aliphatic rings. The topological polar surface area (TPSA) is 88.6 Å². The van der Waals surface area contributed by atoms with Gasteiger partial charge in [0.05, 0.1) is 30.4 Å². The molecule has 7 nitrogen and oxygen atoms in total. The van der Waals surface area contributed by atoms with Crippen LogP contribution >= 0.6 is 0 Å². The van der Waals surface area contributed by atoms with Crippen LogP contribution in [0.4, 0.5) is 4.79 Å². The molecule has 1 aliphatic heterocycles. The van der Waals surface area contributed by atoms with E-state index in [1.807, 2.05) is 31.2 Å². The van der Waals surface area contributed by atoms with Crippen LogP contribution in [0.25, 0.3) is 10.9 Å². The van der Waals surface area contributed by atoms with Gasteiger partial charge in [-0.1, -0.05) is 18.2 Å². The molecule has 3 amide bonds. The van der Waals surface area contributed by atoms with E-state index in [2.05, 4.69) is 10.3 Å². The number of aromatic nitrogens is 1. The Morgan fingerprint density at radius 1 is 1.33 bits per heavy atom. The standard InChI is InChI=1S/C20H21N3O4/c1-11-13-6-4-5-7-14(13)21-15(16(11)17(24)27-3)10-23-18(25)20(2,12-8-9-12)22-19(23)26/h4-7,12H,8-10H2,1-3H3,(H,22,26)/t20-/m0/s1. The van der Waals surface area contributed by atoms with Crippen molar-refractivity contribution >= 4 is 28.8 Å². The molecule has 2 fully saturated rings. The molecule has 2 heterocycles. The van der Waals surface area contributed by atoms with Gasteiger partial charge in [0, 0.05) is 5.39 Å². The predicted octanol–water partition coefficient (Wildman–Crippen LogP) is 2.55. The number of carbonyl (C=O) groups is 3. The van der Waals surface area contributed by atoms with E-state index in [1.54, 1.807) is 6.92 Å². The molecule has 140 valence electrons. The molecule has 4 rings (SSSR count). The minimum absolute atomic E-state index is 0.0664. The van der Waals surface area contributed by atoms with E-state index in [0.29, 0.717) is 16.8 Å². The highest BCUT2D eigenvalue weighted by atomic mass is 16.5. The number of imide groups is 1. The quantitative estimate of drug-likeness (QED) is 0.663. The average Bonchev–Trinajstić information content (AvgIpc) is 3.47. The summed E-state index contributed by atoms with van der Waals surface area (Å²) in [7, 11) is 1.30. The Morgan fingerprint density at radius 2 is 2.04 bits per heavy atom. The van der Waals surface area contributed by atoms with Gasteiger partial charge in [0.2, 0.25) is 0 Å². The maximum absolute atomic E-state index is 12.9. The molecule has 1 aromatic heterocycles. The van der Waals surface area contributed by atoms with Crippen LogP contribution in [0.3, 0.4) is 0 Å². The van der Waals surface area contributed by atoms with Crippen LogP contribution in [0.2, 0.25) is 0 Å². The lowest BCUT2D eigenvalue weighted by molar-refractivity contribution is -0.131. The van der Waals surface area contributed by atoms with E-state index >= 15 is 0 Å². The molecule has 27 heavy (non-hydrogen) atoms. The number of aryl methyl sites for hydroxylation is 1. The fourth-order valence-corrected chi connectivity index (χ4v) is 3.87. The van der Waals surface area contributed by atoms with Crippen molar-refractivity contribution < 1.29 is 19.1 Å². The third-order valence-corrected chi connectivity index (χ3v) is 5.62. The van der Waals surface area contributed by atoms with Gasteiger partial charge in [-0.25, -0.2) is 14.6 Å². The van der Waals surface area contributed by atoms with Crippen LogP contribution in [0.5, 0.6) is 0 Å². The van der Waals surface area contributed by atoms with Crippen LogP contribution in [0.15, 0.2) is 24.3 Å². The first-order chi connectivity index (χ1) is 12.9. The smallest absolute Gasteiger partial charge is 0.340 e. The predicted molar refractivity (Wildman–Crippen MR) is 98.0 cm³/mol. The number of ether oxygens (including phenoxy) is 1. The summed E-state index contributed by atoms with van der Waals surface area (Å²) < 4.78 is 4.93. The number of pyridine rings is 1. The van der Waals surface area contributed by atoms with Gasteiger partial charge in [-0.05, 0) is 44.2 Å². The normalized spacial score (nSPS) is 22.3. The first-order valence-corrected chi connectivity index (χ1v) is 8.97. The third kappa shape index (κ3) is 2.65. The molecule has 0 spiro atoms. The van der Waals surface area contributed by atoms with Crippen molar-refractivity contribution in [1.82, 2.24) is 15.2 Å². The highest BCUT2D eigenvalue weighted by Crippen LogP contribution is 2.43. The zero-order valence-electron chi connectivity index (χ0n) is 15.5. The van der Waals surface area contributed by atoms with Crippen molar-refractivity contribution in [2.75, 3.05) is 7.11 Å². The molecular weight excluding hydrogens is 346 g/mol. The van der Waals surface area contributed by atoms with E-state index < -0.39 is 17.5 Å². The Kier molecular flexibility index (Phi) is 3.91. The number of rotatable bonds is 4. The molecule has 7 heteroatoms. The molecule has 1 N–H and O–H groups in total. The van der Waals surface area contributed by atoms with Crippen LogP contribution in [-0.4, -0.2) is 40.4 Å². The summed E-state index contributed by atoms with van der Waals surface area (Å²) >= 11 is 0. The van der Waals surface area contributed by atoms with Crippen molar-refractivity contribution in [3.63, 3.8) is 0 Å². The number of benzene rings is 1. The summed E-state index contributed by atoms with van der Waals surface area (Å²) in [6.45, 7) is 3.52. The Balaban J connectivity index is 1.78. The summed E-state index contributed by atoms with van der Waals surface area (Å²) in [6, 6.07) is 7.00. The number of nitrogens with one attached hydrogen (secondary N) is 1. The fraction of sp³-hybridized carbons (Fsp3) is 0.400. The highest BCUT2D eigenvalue weighted by Gasteiger charge is 2.56. The van der Waals surface area contributed by atoms with Crippen LogP contribution in [-0.2, 0) is 16.1 Å². The average molecular weight is 367 g/mol. The summed E-state index contributed by atoms with van der Waals surface area (Å²) in [4.78, 5) is 43.5. The lowest BCUT2D eigenvalue weighted by atomic mass is 9.96. The lowest BCUT2D eigenvalue weighted by Crippen LogP contribution is -2.46. The number of amides is 3. The Hall–Kier alpha value is -2.96. The number of carbonyl (C=O) groups excluding carboxylic acids is 3. The van der Waals surface area contributed by atoms with Gasteiger partial charge in [0.25, 0.3) is 5.91 Å². The molecule has 1 saturated carbocycles. The number of hydrogen-bond acceptors (Lipinski definition) is 5. The molecule has 0 unspecified atom stereocenters. The second-order valence-corrected chi connectivity index (χ2v) is 7.37. The van der Waals surface area contributed by atoms with E-state index in [0.717, 1.165) is 28.7 Å². The van der Waals surface area contributed by atoms with E-state index in [-0.39, 0.29) is 18.4 Å². The van der Waals surface area contributed by atoms with Crippen LogP contribution < -0.4 is 5.32 Å². The molecule has 1 saturated heterocycles. The van der Waals surface area contributed by atoms with E-state index in [1.165, 1.54) is 7.11 Å². The van der Waals surface area contributed by atoms with Gasteiger partial charge in [0.1, 0.15) is 5.54 Å². The minimum atomic E-state index is -0.867. The molecule has 1 aliphatic carbocycles. The lowest BCUT2D eigenvalue weighted by Gasteiger charge is -2.21. The van der Waals surface area contributed by atoms with Crippen molar-refractivity contribution in [3.05, 3.63) is 41.1 Å². The van der Waals surface area contributed by atoms with Gasteiger partial charge >= 0.3 is 12.0 Å². The van der Waals surface area contributed by atoms with Gasteiger partial charge in [-0.3, -0.25) is 9.69 Å². The molecule has 1 aromatic carbocycles. The molecule has 0 radical (unpaired) electrons. The summed E-state index contributed by atoms with van der Waals surface area (Å²) in [5.74, 6) is -0.624. The van der Waals surface area contributed by atoms with Crippen molar-refractivity contribution in [1.29, 1.82) is 0 Å². The first-order valence-electron chi connectivity index (χ1n) is 8.97. The van der Waals surface area contributed by atoms with Crippen molar-refractivity contribution in [2.24, 2.45) is 5.92 Å². The van der Waals surface area contributed by atoms with Gasteiger partial charge in [-0.2, -0.15) is 0 Å². The summed E-state index contributed by atoms with van der Waals surface area (Å²) in [5, 5.41) is 3.66. The Labute approximate surface area is 156 Å². The number of methoxy groups -OCH3 is 1. The fourth-order valence-electron chi connectivity index (χ4n) is 3.87. The first kappa shape index (κ1) is 17.5. The zero-order chi connectivity index (χ0) is 19.3. The third-order valence-electron chi connectivity index (χ3n) is 5.62. The van der Waals surface area contributed by atoms with Crippen molar-refractivity contribution in [2.45, 2.75) is 38.8 Å². The van der Waals surface area contributed by atoms with E-state index in [4.69, 9.17) is 4.74 Å². The highest BCUT2D eigenvalue weighted by molar-refractivity contribution is 6.07. The molecule has 0 bridgehead atoms. The molecular formula is C20H21N3O4. The molecule has 2 aromatic rings. The van der Waals surface area contributed by atoms with Crippen LogP contribution in [0, 0.1) is 12.8 Å². The Bertz CT molecular complexity index is 983. The molecule has 1 atom stereocenters. The second kappa shape index (κ2) is 6.04. The SMILES string of the molecule is COC(=O)c1c(CN2C(=O)N[C@@](C)(C3CC3)C2=O)nc2ccccc2c1C. The maximum atomic E-state index is 12.9.